The molecule has 2 rings (SSSR count). The average Bonchev–Trinajstić information content (AvgIpc) is 2.91. The Bertz CT molecular complexity index is 522. The number of hydrogen-bond acceptors (Lipinski definition) is 4. The second kappa shape index (κ2) is 7.60. The minimum Gasteiger partial charge on any atom is -0.490 e. The molecule has 0 radical (unpaired) electrons. The smallest absolute Gasteiger partial charge is 0.161 e. The van der Waals surface area contributed by atoms with Crippen molar-refractivity contribution in [2.24, 2.45) is 0 Å². The molecule has 4 heteroatoms. The molecule has 108 valence electrons. The third kappa shape index (κ3) is 3.78. The zero-order valence-corrected chi connectivity index (χ0v) is 12.0. The van der Waals surface area contributed by atoms with E-state index in [4.69, 9.17) is 13.9 Å². The molecule has 0 atom stereocenters. The Hall–Kier alpha value is -1.94. The number of benzene rings is 1. The van der Waals surface area contributed by atoms with Crippen LogP contribution in [0.25, 0.3) is 0 Å². The number of rotatable bonds is 8. The van der Waals surface area contributed by atoms with E-state index in [1.54, 1.807) is 6.26 Å². The standard InChI is InChI=1S/C16H21NO3/c1-3-9-18-14-6-4-5-7-15(14)20-12-13-8-10-19-16(13)11-17-2/h4-8,10,17H,3,9,11-12H2,1-2H3. The van der Waals surface area contributed by atoms with Crippen LogP contribution in [0.15, 0.2) is 41.0 Å². The van der Waals surface area contributed by atoms with Crippen LogP contribution in [0.1, 0.15) is 24.7 Å². The summed E-state index contributed by atoms with van der Waals surface area (Å²) in [5.74, 6) is 2.45. The molecule has 0 fully saturated rings. The molecule has 0 bridgehead atoms. The predicted molar refractivity (Wildman–Crippen MR) is 78.0 cm³/mol. The molecule has 0 aliphatic carbocycles. The molecule has 4 nitrogen and oxygen atoms in total. The molecule has 1 N–H and O–H groups in total. The third-order valence-corrected chi connectivity index (χ3v) is 2.87. The Morgan fingerprint density at radius 3 is 2.55 bits per heavy atom. The van der Waals surface area contributed by atoms with E-state index in [2.05, 4.69) is 12.2 Å². The number of para-hydroxylation sites is 2. The van der Waals surface area contributed by atoms with Gasteiger partial charge in [-0.3, -0.25) is 0 Å². The van der Waals surface area contributed by atoms with Gasteiger partial charge in [0, 0.05) is 5.56 Å². The van der Waals surface area contributed by atoms with Gasteiger partial charge in [-0.1, -0.05) is 19.1 Å². The van der Waals surface area contributed by atoms with Crippen molar-refractivity contribution in [2.75, 3.05) is 13.7 Å². The van der Waals surface area contributed by atoms with Crippen molar-refractivity contribution in [2.45, 2.75) is 26.5 Å². The highest BCUT2D eigenvalue weighted by atomic mass is 16.5. The topological polar surface area (TPSA) is 43.6 Å². The monoisotopic (exact) mass is 275 g/mol. The molecule has 20 heavy (non-hydrogen) atoms. The maximum absolute atomic E-state index is 5.85. The summed E-state index contributed by atoms with van der Waals surface area (Å²) in [6, 6.07) is 9.67. The molecule has 0 amide bonds. The molecular weight excluding hydrogens is 254 g/mol. The largest absolute Gasteiger partial charge is 0.490 e. The van der Waals surface area contributed by atoms with Crippen LogP contribution in [0, 0.1) is 0 Å². The van der Waals surface area contributed by atoms with Gasteiger partial charge in [-0.2, -0.15) is 0 Å². The van der Waals surface area contributed by atoms with Gasteiger partial charge in [-0.25, -0.2) is 0 Å². The molecule has 0 aliphatic heterocycles. The number of ether oxygens (including phenoxy) is 2. The molecule has 0 aliphatic rings. The molecule has 1 aromatic heterocycles. The quantitative estimate of drug-likeness (QED) is 0.802. The van der Waals surface area contributed by atoms with E-state index in [0.29, 0.717) is 19.8 Å². The van der Waals surface area contributed by atoms with Gasteiger partial charge in [0.25, 0.3) is 0 Å². The molecular formula is C16H21NO3. The molecule has 0 unspecified atom stereocenters. The van der Waals surface area contributed by atoms with Crippen LogP contribution >= 0.6 is 0 Å². The highest BCUT2D eigenvalue weighted by Gasteiger charge is 2.08. The zero-order chi connectivity index (χ0) is 14.2. The summed E-state index contributed by atoms with van der Waals surface area (Å²) in [5, 5.41) is 3.07. The van der Waals surface area contributed by atoms with Crippen LogP contribution in [0.5, 0.6) is 11.5 Å². The SMILES string of the molecule is CCCOc1ccccc1OCc1ccoc1CNC. The minimum absolute atomic E-state index is 0.472. The first-order chi connectivity index (χ1) is 9.85. The fourth-order valence-corrected chi connectivity index (χ4v) is 1.87. The molecule has 1 heterocycles. The van der Waals surface area contributed by atoms with E-state index in [1.807, 2.05) is 37.4 Å². The number of nitrogens with one attached hydrogen (secondary N) is 1. The van der Waals surface area contributed by atoms with Gasteiger partial charge in [-0.15, -0.1) is 0 Å². The van der Waals surface area contributed by atoms with Crippen LogP contribution in [0.2, 0.25) is 0 Å². The van der Waals surface area contributed by atoms with Crippen LogP contribution in [0.4, 0.5) is 0 Å². The molecule has 1 aromatic carbocycles. The van der Waals surface area contributed by atoms with Crippen LogP contribution in [-0.4, -0.2) is 13.7 Å². The maximum atomic E-state index is 5.85. The van der Waals surface area contributed by atoms with Gasteiger partial charge in [-0.05, 0) is 31.7 Å². The van der Waals surface area contributed by atoms with E-state index in [-0.39, 0.29) is 0 Å². The Morgan fingerprint density at radius 1 is 1.10 bits per heavy atom. The Morgan fingerprint density at radius 2 is 1.85 bits per heavy atom. The van der Waals surface area contributed by atoms with Crippen molar-refractivity contribution < 1.29 is 13.9 Å². The van der Waals surface area contributed by atoms with E-state index in [9.17, 15) is 0 Å². The summed E-state index contributed by atoms with van der Waals surface area (Å²) in [4.78, 5) is 0. The van der Waals surface area contributed by atoms with Gasteiger partial charge >= 0.3 is 0 Å². The lowest BCUT2D eigenvalue weighted by atomic mass is 10.2. The fourth-order valence-electron chi connectivity index (χ4n) is 1.87. The van der Waals surface area contributed by atoms with Crippen LogP contribution in [0.3, 0.4) is 0 Å². The molecule has 0 saturated heterocycles. The van der Waals surface area contributed by atoms with Gasteiger partial charge in [0.1, 0.15) is 12.4 Å². The first kappa shape index (κ1) is 14.5. The van der Waals surface area contributed by atoms with Gasteiger partial charge in [0.2, 0.25) is 0 Å². The lowest BCUT2D eigenvalue weighted by Gasteiger charge is -2.12. The summed E-state index contributed by atoms with van der Waals surface area (Å²) in [6.45, 7) is 3.94. The van der Waals surface area contributed by atoms with Crippen molar-refractivity contribution in [3.63, 3.8) is 0 Å². The van der Waals surface area contributed by atoms with E-state index < -0.39 is 0 Å². The maximum Gasteiger partial charge on any atom is 0.161 e. The van der Waals surface area contributed by atoms with Crippen molar-refractivity contribution in [1.82, 2.24) is 5.32 Å². The molecule has 0 saturated carbocycles. The van der Waals surface area contributed by atoms with E-state index >= 15 is 0 Å². The Kier molecular flexibility index (Phi) is 5.50. The summed E-state index contributed by atoms with van der Waals surface area (Å²) in [6.07, 6.45) is 2.66. The van der Waals surface area contributed by atoms with E-state index in [1.165, 1.54) is 0 Å². The normalized spacial score (nSPS) is 10.5. The lowest BCUT2D eigenvalue weighted by molar-refractivity contribution is 0.260. The summed E-state index contributed by atoms with van der Waals surface area (Å²) in [5.41, 5.74) is 1.05. The van der Waals surface area contributed by atoms with Crippen LogP contribution in [-0.2, 0) is 13.2 Å². The summed E-state index contributed by atoms with van der Waals surface area (Å²) >= 11 is 0. The van der Waals surface area contributed by atoms with Crippen molar-refractivity contribution in [3.05, 3.63) is 47.9 Å². The van der Waals surface area contributed by atoms with Crippen molar-refractivity contribution in [3.8, 4) is 11.5 Å². The highest BCUT2D eigenvalue weighted by Crippen LogP contribution is 2.27. The molecule has 2 aromatic rings. The van der Waals surface area contributed by atoms with Crippen molar-refractivity contribution in [1.29, 1.82) is 0 Å². The third-order valence-electron chi connectivity index (χ3n) is 2.87. The average molecular weight is 275 g/mol. The second-order valence-electron chi connectivity index (χ2n) is 4.48. The number of furan rings is 1. The number of hydrogen-bond donors (Lipinski definition) is 1. The lowest BCUT2D eigenvalue weighted by Crippen LogP contribution is -2.07. The van der Waals surface area contributed by atoms with Crippen LogP contribution < -0.4 is 14.8 Å². The van der Waals surface area contributed by atoms with Crippen molar-refractivity contribution >= 4 is 0 Å². The van der Waals surface area contributed by atoms with E-state index in [0.717, 1.165) is 29.2 Å². The zero-order valence-electron chi connectivity index (χ0n) is 12.0. The van der Waals surface area contributed by atoms with Gasteiger partial charge in [0.05, 0.1) is 19.4 Å². The predicted octanol–water partition coefficient (Wildman–Crippen LogP) is 3.37. The van der Waals surface area contributed by atoms with Gasteiger partial charge < -0.3 is 19.2 Å². The first-order valence-corrected chi connectivity index (χ1v) is 6.89. The minimum atomic E-state index is 0.472. The second-order valence-corrected chi connectivity index (χ2v) is 4.48. The summed E-state index contributed by atoms with van der Waals surface area (Å²) < 4.78 is 16.9. The Balaban J connectivity index is 2.01. The summed E-state index contributed by atoms with van der Waals surface area (Å²) in [7, 11) is 1.89. The molecule has 0 spiro atoms. The highest BCUT2D eigenvalue weighted by molar-refractivity contribution is 5.39. The Labute approximate surface area is 119 Å². The fraction of sp³-hybridized carbons (Fsp3) is 0.375. The van der Waals surface area contributed by atoms with Gasteiger partial charge in [0.15, 0.2) is 11.5 Å². The first-order valence-electron chi connectivity index (χ1n) is 6.89.